The van der Waals surface area contributed by atoms with Gasteiger partial charge in [-0.2, -0.15) is 0 Å². The molecule has 0 aromatic heterocycles. The first-order valence-electron chi connectivity index (χ1n) is 6.29. The summed E-state index contributed by atoms with van der Waals surface area (Å²) in [5.74, 6) is 0.361. The second kappa shape index (κ2) is 5.61. The van der Waals surface area contributed by atoms with E-state index in [2.05, 4.69) is 5.32 Å². The highest BCUT2D eigenvalue weighted by Gasteiger charge is 2.33. The molecule has 1 aliphatic rings. The van der Waals surface area contributed by atoms with Crippen LogP contribution in [0.2, 0.25) is 0 Å². The standard InChI is InChI=1S/C14H18ClNO2/c15-9-14(7-3-4-8-14)10-16-13(18)11-5-1-2-6-12(11)17/h1-2,5-6,17H,3-4,7-10H2,(H,16,18). The van der Waals surface area contributed by atoms with Crippen molar-refractivity contribution in [3.05, 3.63) is 29.8 Å². The molecule has 1 aliphatic carbocycles. The van der Waals surface area contributed by atoms with Crippen LogP contribution in [0, 0.1) is 5.41 Å². The van der Waals surface area contributed by atoms with E-state index in [9.17, 15) is 9.90 Å². The van der Waals surface area contributed by atoms with Crippen LogP contribution in [0.3, 0.4) is 0 Å². The summed E-state index contributed by atoms with van der Waals surface area (Å²) >= 11 is 6.02. The Morgan fingerprint density at radius 1 is 1.33 bits per heavy atom. The van der Waals surface area contributed by atoms with Gasteiger partial charge in [-0.15, -0.1) is 11.6 Å². The van der Waals surface area contributed by atoms with E-state index in [1.165, 1.54) is 18.9 Å². The summed E-state index contributed by atoms with van der Waals surface area (Å²) in [4.78, 5) is 12.0. The summed E-state index contributed by atoms with van der Waals surface area (Å²) in [6.45, 7) is 0.587. The van der Waals surface area contributed by atoms with Crippen molar-refractivity contribution in [3.63, 3.8) is 0 Å². The molecule has 1 aromatic rings. The van der Waals surface area contributed by atoms with Crippen LogP contribution >= 0.6 is 11.6 Å². The molecule has 98 valence electrons. The maximum Gasteiger partial charge on any atom is 0.255 e. The van der Waals surface area contributed by atoms with Crippen LogP contribution in [0.4, 0.5) is 0 Å². The van der Waals surface area contributed by atoms with Crippen molar-refractivity contribution in [1.82, 2.24) is 5.32 Å². The number of amides is 1. The summed E-state index contributed by atoms with van der Waals surface area (Å²) in [6, 6.07) is 6.57. The maximum atomic E-state index is 12.0. The van der Waals surface area contributed by atoms with Gasteiger partial charge >= 0.3 is 0 Å². The third kappa shape index (κ3) is 2.78. The molecule has 2 rings (SSSR count). The molecule has 1 amide bonds. The molecule has 0 heterocycles. The first-order valence-corrected chi connectivity index (χ1v) is 6.82. The van der Waals surface area contributed by atoms with Crippen molar-refractivity contribution < 1.29 is 9.90 Å². The number of halogens is 1. The van der Waals surface area contributed by atoms with E-state index in [0.29, 0.717) is 18.0 Å². The Morgan fingerprint density at radius 2 is 2.00 bits per heavy atom. The maximum absolute atomic E-state index is 12.0. The molecule has 1 fully saturated rings. The van der Waals surface area contributed by atoms with Gasteiger partial charge in [-0.05, 0) is 25.0 Å². The van der Waals surface area contributed by atoms with Gasteiger partial charge in [-0.1, -0.05) is 25.0 Å². The van der Waals surface area contributed by atoms with Gasteiger partial charge in [-0.3, -0.25) is 4.79 Å². The van der Waals surface area contributed by atoms with Gasteiger partial charge in [0.2, 0.25) is 0 Å². The van der Waals surface area contributed by atoms with Crippen molar-refractivity contribution >= 4 is 17.5 Å². The van der Waals surface area contributed by atoms with Gasteiger partial charge in [0.25, 0.3) is 5.91 Å². The number of alkyl halides is 1. The predicted octanol–water partition coefficient (Wildman–Crippen LogP) is 2.92. The lowest BCUT2D eigenvalue weighted by atomic mass is 9.88. The Balaban J connectivity index is 1.98. The fraction of sp³-hybridized carbons (Fsp3) is 0.500. The van der Waals surface area contributed by atoms with Gasteiger partial charge < -0.3 is 10.4 Å². The molecular weight excluding hydrogens is 250 g/mol. The van der Waals surface area contributed by atoms with Crippen LogP contribution in [-0.2, 0) is 0 Å². The Kier molecular flexibility index (Phi) is 4.12. The molecule has 0 bridgehead atoms. The van der Waals surface area contributed by atoms with Gasteiger partial charge in [0.1, 0.15) is 5.75 Å². The van der Waals surface area contributed by atoms with E-state index in [-0.39, 0.29) is 17.1 Å². The Labute approximate surface area is 112 Å². The van der Waals surface area contributed by atoms with E-state index in [1.54, 1.807) is 18.2 Å². The summed E-state index contributed by atoms with van der Waals surface area (Å²) in [6.07, 6.45) is 4.49. The summed E-state index contributed by atoms with van der Waals surface area (Å²) in [5, 5.41) is 12.5. The van der Waals surface area contributed by atoms with E-state index in [4.69, 9.17) is 11.6 Å². The molecule has 0 aliphatic heterocycles. The Morgan fingerprint density at radius 3 is 2.61 bits per heavy atom. The number of phenols is 1. The molecule has 0 radical (unpaired) electrons. The summed E-state index contributed by atoms with van der Waals surface area (Å²) < 4.78 is 0. The van der Waals surface area contributed by atoms with E-state index in [1.807, 2.05) is 0 Å². The van der Waals surface area contributed by atoms with E-state index >= 15 is 0 Å². The molecule has 3 nitrogen and oxygen atoms in total. The fourth-order valence-corrected chi connectivity index (χ4v) is 2.87. The second-order valence-corrected chi connectivity index (χ2v) is 5.31. The first-order chi connectivity index (χ1) is 8.67. The van der Waals surface area contributed by atoms with Crippen molar-refractivity contribution in [2.24, 2.45) is 5.41 Å². The van der Waals surface area contributed by atoms with E-state index in [0.717, 1.165) is 12.8 Å². The normalized spacial score (nSPS) is 17.6. The number of nitrogens with one attached hydrogen (secondary N) is 1. The van der Waals surface area contributed by atoms with Crippen LogP contribution < -0.4 is 5.32 Å². The third-order valence-electron chi connectivity index (χ3n) is 3.72. The summed E-state index contributed by atoms with van der Waals surface area (Å²) in [7, 11) is 0. The molecule has 0 spiro atoms. The van der Waals surface area contributed by atoms with E-state index < -0.39 is 0 Å². The minimum Gasteiger partial charge on any atom is -0.507 e. The molecule has 1 saturated carbocycles. The van der Waals surface area contributed by atoms with Crippen LogP contribution in [0.15, 0.2) is 24.3 Å². The van der Waals surface area contributed by atoms with Crippen LogP contribution in [0.1, 0.15) is 36.0 Å². The number of phenolic OH excluding ortho intramolecular Hbond substituents is 1. The SMILES string of the molecule is O=C(NCC1(CCl)CCCC1)c1ccccc1O. The minimum atomic E-state index is -0.232. The van der Waals surface area contributed by atoms with Crippen molar-refractivity contribution in [2.45, 2.75) is 25.7 Å². The van der Waals surface area contributed by atoms with Crippen molar-refractivity contribution in [2.75, 3.05) is 12.4 Å². The minimum absolute atomic E-state index is 0.0151. The number of carbonyl (C=O) groups excluding carboxylic acids is 1. The average Bonchev–Trinajstić information content (AvgIpc) is 2.86. The number of rotatable bonds is 4. The molecule has 0 unspecified atom stereocenters. The van der Waals surface area contributed by atoms with Crippen molar-refractivity contribution in [3.8, 4) is 5.75 Å². The quantitative estimate of drug-likeness (QED) is 0.824. The van der Waals surface area contributed by atoms with Crippen LogP contribution in [0.25, 0.3) is 0 Å². The molecular formula is C14H18ClNO2. The second-order valence-electron chi connectivity index (χ2n) is 5.04. The molecule has 1 aromatic carbocycles. The highest BCUT2D eigenvalue weighted by Crippen LogP contribution is 2.38. The number of para-hydroxylation sites is 1. The number of hydrogen-bond donors (Lipinski definition) is 2. The zero-order valence-corrected chi connectivity index (χ0v) is 11.0. The van der Waals surface area contributed by atoms with Gasteiger partial charge in [0.05, 0.1) is 5.56 Å². The number of benzene rings is 1. The number of carbonyl (C=O) groups is 1. The number of aromatic hydroxyl groups is 1. The highest BCUT2D eigenvalue weighted by molar-refractivity contribution is 6.18. The average molecular weight is 268 g/mol. The molecule has 18 heavy (non-hydrogen) atoms. The largest absolute Gasteiger partial charge is 0.507 e. The monoisotopic (exact) mass is 267 g/mol. The zero-order valence-electron chi connectivity index (χ0n) is 10.3. The molecule has 4 heteroatoms. The van der Waals surface area contributed by atoms with Crippen LogP contribution in [-0.4, -0.2) is 23.4 Å². The van der Waals surface area contributed by atoms with Gasteiger partial charge in [0.15, 0.2) is 0 Å². The first kappa shape index (κ1) is 13.2. The Hall–Kier alpha value is -1.22. The van der Waals surface area contributed by atoms with Gasteiger partial charge in [-0.25, -0.2) is 0 Å². The smallest absolute Gasteiger partial charge is 0.255 e. The van der Waals surface area contributed by atoms with Crippen molar-refractivity contribution in [1.29, 1.82) is 0 Å². The third-order valence-corrected chi connectivity index (χ3v) is 4.29. The summed E-state index contributed by atoms with van der Waals surface area (Å²) in [5.41, 5.74) is 0.363. The molecule has 0 saturated heterocycles. The number of hydrogen-bond acceptors (Lipinski definition) is 2. The lowest BCUT2D eigenvalue weighted by Gasteiger charge is -2.26. The lowest BCUT2D eigenvalue weighted by molar-refractivity contribution is 0.0932. The van der Waals surface area contributed by atoms with Crippen LogP contribution in [0.5, 0.6) is 5.75 Å². The zero-order chi connectivity index (χ0) is 13.0. The Bertz CT molecular complexity index is 428. The lowest BCUT2D eigenvalue weighted by Crippen LogP contribution is -2.37. The topological polar surface area (TPSA) is 49.3 Å². The predicted molar refractivity (Wildman–Crippen MR) is 72.1 cm³/mol. The fourth-order valence-electron chi connectivity index (χ4n) is 2.51. The molecule has 2 N–H and O–H groups in total. The van der Waals surface area contributed by atoms with Gasteiger partial charge in [0, 0.05) is 17.8 Å². The highest BCUT2D eigenvalue weighted by atomic mass is 35.5. The molecule has 0 atom stereocenters.